The maximum atomic E-state index is 11.8. The van der Waals surface area contributed by atoms with Crippen molar-refractivity contribution >= 4 is 11.9 Å². The number of carbonyl (C=O) groups is 2. The third-order valence-corrected chi connectivity index (χ3v) is 2.82. The van der Waals surface area contributed by atoms with Gasteiger partial charge in [-0.2, -0.15) is 0 Å². The fraction of sp³-hybridized carbons (Fsp3) is 0.286. The third-order valence-electron chi connectivity index (χ3n) is 2.82. The highest BCUT2D eigenvalue weighted by Crippen LogP contribution is 2.10. The van der Waals surface area contributed by atoms with Crippen molar-refractivity contribution in [3.05, 3.63) is 47.3 Å². The summed E-state index contributed by atoms with van der Waals surface area (Å²) in [4.78, 5) is 23.4. The van der Waals surface area contributed by atoms with Crippen LogP contribution in [0.5, 0.6) is 0 Å². The quantitative estimate of drug-likeness (QED) is 0.736. The first-order valence-corrected chi connectivity index (χ1v) is 6.39. The molecule has 0 amide bonds. The van der Waals surface area contributed by atoms with Gasteiger partial charge in [-0.25, -0.2) is 14.3 Å². The number of benzene rings is 1. The summed E-state index contributed by atoms with van der Waals surface area (Å²) in [7, 11) is 2.39. The summed E-state index contributed by atoms with van der Waals surface area (Å²) in [6.07, 6.45) is 0. The molecule has 1 aromatic heterocycles. The van der Waals surface area contributed by atoms with E-state index < -0.39 is 11.9 Å². The highest BCUT2D eigenvalue weighted by molar-refractivity contribution is 6.00. The lowest BCUT2D eigenvalue weighted by Crippen LogP contribution is -2.17. The second-order valence-corrected chi connectivity index (χ2v) is 4.23. The van der Waals surface area contributed by atoms with Gasteiger partial charge < -0.3 is 14.2 Å². The van der Waals surface area contributed by atoms with E-state index in [4.69, 9.17) is 4.74 Å². The average molecular weight is 305 g/mol. The first-order valence-electron chi connectivity index (χ1n) is 6.39. The molecule has 2 rings (SSSR count). The molecule has 0 bridgehead atoms. The van der Waals surface area contributed by atoms with Crippen molar-refractivity contribution in [3.8, 4) is 0 Å². The van der Waals surface area contributed by atoms with Crippen molar-refractivity contribution in [3.63, 3.8) is 0 Å². The molecule has 2 aromatic rings. The molecule has 0 aliphatic heterocycles. The Morgan fingerprint density at radius 2 is 1.77 bits per heavy atom. The van der Waals surface area contributed by atoms with E-state index in [9.17, 15) is 9.59 Å². The van der Waals surface area contributed by atoms with E-state index >= 15 is 0 Å². The lowest BCUT2D eigenvalue weighted by atomic mass is 10.2. The summed E-state index contributed by atoms with van der Waals surface area (Å²) in [6, 6.07) is 9.50. The van der Waals surface area contributed by atoms with Gasteiger partial charge in [0.1, 0.15) is 6.73 Å². The van der Waals surface area contributed by atoms with Crippen LogP contribution in [0.1, 0.15) is 26.5 Å². The summed E-state index contributed by atoms with van der Waals surface area (Å²) in [5.41, 5.74) is 0.649. The topological polar surface area (TPSA) is 92.5 Å². The molecule has 0 aliphatic rings. The van der Waals surface area contributed by atoms with Gasteiger partial charge >= 0.3 is 11.9 Å². The van der Waals surface area contributed by atoms with Gasteiger partial charge in [0.15, 0.2) is 5.69 Å². The molecule has 0 aliphatic carbocycles. The summed E-state index contributed by atoms with van der Waals surface area (Å²) < 4.78 is 15.8. The Morgan fingerprint density at radius 3 is 2.41 bits per heavy atom. The van der Waals surface area contributed by atoms with E-state index in [1.54, 1.807) is 0 Å². The van der Waals surface area contributed by atoms with E-state index in [1.807, 2.05) is 30.3 Å². The molecule has 0 saturated carbocycles. The second kappa shape index (κ2) is 7.32. The van der Waals surface area contributed by atoms with Gasteiger partial charge in [-0.05, 0) is 5.56 Å². The van der Waals surface area contributed by atoms with E-state index in [-0.39, 0.29) is 18.1 Å². The van der Waals surface area contributed by atoms with Gasteiger partial charge in [0.2, 0.25) is 5.69 Å². The molecule has 1 aromatic carbocycles. The number of ether oxygens (including phenoxy) is 3. The fourth-order valence-corrected chi connectivity index (χ4v) is 1.76. The van der Waals surface area contributed by atoms with Crippen LogP contribution in [0, 0.1) is 0 Å². The van der Waals surface area contributed by atoms with Crippen molar-refractivity contribution in [1.82, 2.24) is 15.0 Å². The molecule has 0 atom stereocenters. The molecule has 0 N–H and O–H groups in total. The molecule has 0 spiro atoms. The monoisotopic (exact) mass is 305 g/mol. The molecule has 0 fully saturated rings. The van der Waals surface area contributed by atoms with Crippen LogP contribution in [0.4, 0.5) is 0 Å². The Labute approximate surface area is 126 Å². The third kappa shape index (κ3) is 3.47. The van der Waals surface area contributed by atoms with Crippen LogP contribution in [0.3, 0.4) is 0 Å². The molecule has 8 heteroatoms. The van der Waals surface area contributed by atoms with Gasteiger partial charge in [0.25, 0.3) is 0 Å². The lowest BCUT2D eigenvalue weighted by molar-refractivity contribution is 0.0424. The van der Waals surface area contributed by atoms with Gasteiger partial charge in [-0.3, -0.25) is 0 Å². The minimum Gasteiger partial charge on any atom is -0.464 e. The van der Waals surface area contributed by atoms with Gasteiger partial charge in [-0.1, -0.05) is 35.5 Å². The smallest absolute Gasteiger partial charge is 0.361 e. The minimum absolute atomic E-state index is 0.0523. The SMILES string of the molecule is COC(=O)c1nnn(COCc2ccccc2)c1C(=O)OC. The first-order chi connectivity index (χ1) is 10.7. The van der Waals surface area contributed by atoms with Gasteiger partial charge in [0, 0.05) is 0 Å². The van der Waals surface area contributed by atoms with Crippen molar-refractivity contribution in [2.24, 2.45) is 0 Å². The van der Waals surface area contributed by atoms with Crippen LogP contribution in [0.15, 0.2) is 30.3 Å². The van der Waals surface area contributed by atoms with Crippen LogP contribution in [-0.4, -0.2) is 41.2 Å². The highest BCUT2D eigenvalue weighted by Gasteiger charge is 2.26. The number of rotatable bonds is 6. The maximum Gasteiger partial charge on any atom is 0.361 e. The van der Waals surface area contributed by atoms with Crippen LogP contribution in [-0.2, 0) is 27.5 Å². The highest BCUT2D eigenvalue weighted by atomic mass is 16.5. The van der Waals surface area contributed by atoms with Gasteiger partial charge in [0.05, 0.1) is 20.8 Å². The lowest BCUT2D eigenvalue weighted by Gasteiger charge is -2.07. The Hall–Kier alpha value is -2.74. The summed E-state index contributed by atoms with van der Waals surface area (Å²) in [5, 5.41) is 7.36. The summed E-state index contributed by atoms with van der Waals surface area (Å²) in [6.45, 7) is 0.276. The van der Waals surface area contributed by atoms with Gasteiger partial charge in [-0.15, -0.1) is 5.10 Å². The van der Waals surface area contributed by atoms with Crippen LogP contribution < -0.4 is 0 Å². The van der Waals surface area contributed by atoms with E-state index in [0.717, 1.165) is 10.2 Å². The molecule has 8 nitrogen and oxygen atoms in total. The Bertz CT molecular complexity index is 654. The normalized spacial score (nSPS) is 10.3. The standard InChI is InChI=1S/C14H15N3O5/c1-20-13(18)11-12(14(19)21-2)17(16-15-11)9-22-8-10-6-4-3-5-7-10/h3-7H,8-9H2,1-2H3. The van der Waals surface area contributed by atoms with Crippen LogP contribution in [0.25, 0.3) is 0 Å². The number of carbonyl (C=O) groups excluding carboxylic acids is 2. The number of esters is 2. The maximum absolute atomic E-state index is 11.8. The Kier molecular flexibility index (Phi) is 5.21. The predicted octanol–water partition coefficient (Wildman–Crippen LogP) is 1.03. The minimum atomic E-state index is -0.769. The van der Waals surface area contributed by atoms with Crippen LogP contribution >= 0.6 is 0 Å². The van der Waals surface area contributed by atoms with Crippen molar-refractivity contribution in [2.45, 2.75) is 13.3 Å². The Balaban J connectivity index is 2.11. The number of aromatic nitrogens is 3. The zero-order valence-electron chi connectivity index (χ0n) is 12.2. The zero-order chi connectivity index (χ0) is 15.9. The number of methoxy groups -OCH3 is 2. The fourth-order valence-electron chi connectivity index (χ4n) is 1.76. The molecule has 22 heavy (non-hydrogen) atoms. The number of hydrogen-bond donors (Lipinski definition) is 0. The molecule has 116 valence electrons. The molecular weight excluding hydrogens is 290 g/mol. The summed E-state index contributed by atoms with van der Waals surface area (Å²) >= 11 is 0. The molecule has 0 radical (unpaired) electrons. The molecular formula is C14H15N3O5. The zero-order valence-corrected chi connectivity index (χ0v) is 12.2. The largest absolute Gasteiger partial charge is 0.464 e. The van der Waals surface area contributed by atoms with E-state index in [0.29, 0.717) is 6.61 Å². The number of nitrogens with zero attached hydrogens (tertiary/aromatic N) is 3. The molecule has 0 unspecified atom stereocenters. The van der Waals surface area contributed by atoms with Crippen molar-refractivity contribution in [1.29, 1.82) is 0 Å². The van der Waals surface area contributed by atoms with Crippen molar-refractivity contribution in [2.75, 3.05) is 14.2 Å². The first kappa shape index (κ1) is 15.6. The van der Waals surface area contributed by atoms with E-state index in [1.165, 1.54) is 14.2 Å². The average Bonchev–Trinajstić information content (AvgIpc) is 2.98. The Morgan fingerprint density at radius 1 is 1.09 bits per heavy atom. The summed E-state index contributed by atoms with van der Waals surface area (Å²) in [5.74, 6) is -1.51. The molecule has 0 saturated heterocycles. The van der Waals surface area contributed by atoms with Crippen LogP contribution in [0.2, 0.25) is 0 Å². The molecule has 1 heterocycles. The van der Waals surface area contributed by atoms with E-state index in [2.05, 4.69) is 19.8 Å². The second-order valence-electron chi connectivity index (χ2n) is 4.23. The van der Waals surface area contributed by atoms with Crippen molar-refractivity contribution < 1.29 is 23.8 Å². The predicted molar refractivity (Wildman–Crippen MR) is 73.9 cm³/mol. The number of hydrogen-bond acceptors (Lipinski definition) is 7.